The van der Waals surface area contributed by atoms with Crippen LogP contribution in [-0.4, -0.2) is 16.5 Å². The summed E-state index contributed by atoms with van der Waals surface area (Å²) in [5, 5.41) is 1.18. The van der Waals surface area contributed by atoms with E-state index in [-0.39, 0.29) is 0 Å². The lowest BCUT2D eigenvalue weighted by Crippen LogP contribution is -1.87. The highest BCUT2D eigenvalue weighted by atomic mass is 32.2. The molecule has 0 saturated carbocycles. The van der Waals surface area contributed by atoms with Crippen molar-refractivity contribution in [3.05, 3.63) is 17.8 Å². The fraction of sp³-hybridized carbons (Fsp3) is 0.500. The average Bonchev–Trinajstić information content (AvgIpc) is 2.10. The minimum Gasteiger partial charge on any atom is -0.248 e. The average molecular weight is 213 g/mol. The van der Waals surface area contributed by atoms with Crippen molar-refractivity contribution in [3.8, 4) is 0 Å². The smallest absolute Gasteiger partial charge is 0.110 e. The molecule has 0 unspecified atom stereocenters. The van der Waals surface area contributed by atoms with Crippen LogP contribution >= 0.6 is 23.5 Å². The lowest BCUT2D eigenvalue weighted by molar-refractivity contribution is 1.01. The minimum atomic E-state index is 1.09. The number of pyridine rings is 1. The van der Waals surface area contributed by atoms with Gasteiger partial charge in [-0.2, -0.15) is 0 Å². The zero-order valence-corrected chi connectivity index (χ0v) is 9.97. The van der Waals surface area contributed by atoms with E-state index < -0.39 is 0 Å². The molecular formula is C10H15NS2. The summed E-state index contributed by atoms with van der Waals surface area (Å²) < 4.78 is 0. The van der Waals surface area contributed by atoms with Gasteiger partial charge in [0.1, 0.15) is 5.03 Å². The Morgan fingerprint density at radius 1 is 1.23 bits per heavy atom. The summed E-state index contributed by atoms with van der Waals surface area (Å²) in [5.41, 5.74) is 1.25. The van der Waals surface area contributed by atoms with Gasteiger partial charge in [0.15, 0.2) is 0 Å². The fourth-order valence-corrected chi connectivity index (χ4v) is 2.75. The maximum atomic E-state index is 4.43. The number of hydrogen-bond acceptors (Lipinski definition) is 3. The molecule has 0 fully saturated rings. The highest BCUT2D eigenvalue weighted by Gasteiger charge is 2.03. The number of rotatable bonds is 4. The molecule has 1 heterocycles. The van der Waals surface area contributed by atoms with Crippen LogP contribution in [-0.2, 0) is 0 Å². The predicted molar refractivity (Wildman–Crippen MR) is 61.8 cm³/mol. The van der Waals surface area contributed by atoms with E-state index in [0.29, 0.717) is 0 Å². The summed E-state index contributed by atoms with van der Waals surface area (Å²) in [6.07, 6.45) is 1.94. The zero-order valence-electron chi connectivity index (χ0n) is 8.33. The maximum absolute atomic E-state index is 4.43. The fourth-order valence-electron chi connectivity index (χ4n) is 1.03. The Kier molecular flexibility index (Phi) is 4.67. The van der Waals surface area contributed by atoms with E-state index in [4.69, 9.17) is 0 Å². The highest BCUT2D eigenvalue weighted by molar-refractivity contribution is 8.02. The molecule has 1 nitrogen and oxygen atoms in total. The second-order valence-electron chi connectivity index (χ2n) is 2.68. The van der Waals surface area contributed by atoms with Gasteiger partial charge in [0.2, 0.25) is 0 Å². The lowest BCUT2D eigenvalue weighted by Gasteiger charge is -2.06. The van der Waals surface area contributed by atoms with Crippen LogP contribution in [0.1, 0.15) is 19.4 Å². The van der Waals surface area contributed by atoms with Crippen LogP contribution < -0.4 is 0 Å². The number of hydrogen-bond donors (Lipinski definition) is 0. The van der Waals surface area contributed by atoms with Gasteiger partial charge < -0.3 is 0 Å². The molecule has 0 aliphatic rings. The summed E-state index contributed by atoms with van der Waals surface area (Å²) in [6, 6.07) is 2.22. The standard InChI is InChI=1S/C10H15NS2/c1-4-12-9-6-8(3)7-11-10(9)13-5-2/h6-7H,4-5H2,1-3H3. The van der Waals surface area contributed by atoms with E-state index in [2.05, 4.69) is 31.8 Å². The number of thioether (sulfide) groups is 2. The second kappa shape index (κ2) is 5.55. The molecule has 13 heavy (non-hydrogen) atoms. The van der Waals surface area contributed by atoms with E-state index in [0.717, 1.165) is 11.5 Å². The molecule has 0 atom stereocenters. The van der Waals surface area contributed by atoms with Gasteiger partial charge in [-0.05, 0) is 30.1 Å². The van der Waals surface area contributed by atoms with Gasteiger partial charge in [-0.25, -0.2) is 4.98 Å². The molecule has 0 N–H and O–H groups in total. The predicted octanol–water partition coefficient (Wildman–Crippen LogP) is 3.61. The van der Waals surface area contributed by atoms with Crippen molar-refractivity contribution < 1.29 is 0 Å². The largest absolute Gasteiger partial charge is 0.248 e. The molecule has 72 valence electrons. The third-order valence-corrected chi connectivity index (χ3v) is 3.46. The summed E-state index contributed by atoms with van der Waals surface area (Å²) in [6.45, 7) is 6.42. The first-order chi connectivity index (χ1) is 6.27. The van der Waals surface area contributed by atoms with Crippen molar-refractivity contribution in [1.82, 2.24) is 4.98 Å². The van der Waals surface area contributed by atoms with Crippen molar-refractivity contribution in [2.75, 3.05) is 11.5 Å². The van der Waals surface area contributed by atoms with E-state index in [1.807, 2.05) is 29.7 Å². The van der Waals surface area contributed by atoms with E-state index in [1.54, 1.807) is 0 Å². The van der Waals surface area contributed by atoms with Crippen LogP contribution in [0.15, 0.2) is 22.2 Å². The van der Waals surface area contributed by atoms with E-state index in [1.165, 1.54) is 15.5 Å². The molecule has 3 heteroatoms. The van der Waals surface area contributed by atoms with E-state index in [9.17, 15) is 0 Å². The van der Waals surface area contributed by atoms with Gasteiger partial charge >= 0.3 is 0 Å². The third kappa shape index (κ3) is 3.24. The normalized spacial score (nSPS) is 10.4. The molecule has 1 aromatic rings. The van der Waals surface area contributed by atoms with Gasteiger partial charge in [-0.3, -0.25) is 0 Å². The first-order valence-corrected chi connectivity index (χ1v) is 6.47. The zero-order chi connectivity index (χ0) is 9.68. The quantitative estimate of drug-likeness (QED) is 0.709. The highest BCUT2D eigenvalue weighted by Crippen LogP contribution is 2.29. The molecule has 0 aromatic carbocycles. The van der Waals surface area contributed by atoms with E-state index >= 15 is 0 Å². The van der Waals surface area contributed by atoms with Crippen molar-refractivity contribution in [3.63, 3.8) is 0 Å². The summed E-state index contributed by atoms with van der Waals surface area (Å²) in [7, 11) is 0. The van der Waals surface area contributed by atoms with Gasteiger partial charge in [0, 0.05) is 11.1 Å². The summed E-state index contributed by atoms with van der Waals surface area (Å²) in [4.78, 5) is 5.76. The Hall–Kier alpha value is -0.150. The minimum absolute atomic E-state index is 1.09. The Labute approximate surface area is 88.7 Å². The van der Waals surface area contributed by atoms with Crippen molar-refractivity contribution in [2.24, 2.45) is 0 Å². The molecule has 1 aromatic heterocycles. The van der Waals surface area contributed by atoms with Gasteiger partial charge in [0.05, 0.1) is 0 Å². The monoisotopic (exact) mass is 213 g/mol. The van der Waals surface area contributed by atoms with Crippen molar-refractivity contribution in [1.29, 1.82) is 0 Å². The number of nitrogens with zero attached hydrogens (tertiary/aromatic N) is 1. The molecule has 0 spiro atoms. The first kappa shape index (κ1) is 10.9. The number of aromatic nitrogens is 1. The van der Waals surface area contributed by atoms with Crippen LogP contribution in [0.5, 0.6) is 0 Å². The summed E-state index contributed by atoms with van der Waals surface area (Å²) >= 11 is 3.69. The Morgan fingerprint density at radius 2 is 1.92 bits per heavy atom. The van der Waals surface area contributed by atoms with Crippen LogP contribution in [0.2, 0.25) is 0 Å². The Bertz CT molecular complexity index is 274. The van der Waals surface area contributed by atoms with Crippen LogP contribution in [0, 0.1) is 6.92 Å². The van der Waals surface area contributed by atoms with Gasteiger partial charge in [-0.1, -0.05) is 13.8 Å². The van der Waals surface area contributed by atoms with Crippen molar-refractivity contribution in [2.45, 2.75) is 30.7 Å². The molecule has 0 radical (unpaired) electrons. The SMILES string of the molecule is CCSc1cc(C)cnc1SCC. The molecule has 0 saturated heterocycles. The Morgan fingerprint density at radius 3 is 2.54 bits per heavy atom. The molecule has 1 rings (SSSR count). The first-order valence-electron chi connectivity index (χ1n) is 4.50. The topological polar surface area (TPSA) is 12.9 Å². The molecular weight excluding hydrogens is 198 g/mol. The van der Waals surface area contributed by atoms with Crippen LogP contribution in [0.25, 0.3) is 0 Å². The molecule has 0 bridgehead atoms. The second-order valence-corrected chi connectivity index (χ2v) is 5.24. The maximum Gasteiger partial charge on any atom is 0.110 e. The van der Waals surface area contributed by atoms with Crippen LogP contribution in [0.3, 0.4) is 0 Å². The van der Waals surface area contributed by atoms with Crippen molar-refractivity contribution >= 4 is 23.5 Å². The van der Waals surface area contributed by atoms with Crippen LogP contribution in [0.4, 0.5) is 0 Å². The summed E-state index contributed by atoms with van der Waals surface area (Å²) in [5.74, 6) is 2.20. The molecule has 0 aliphatic carbocycles. The molecule has 0 aliphatic heterocycles. The third-order valence-electron chi connectivity index (χ3n) is 1.54. The van der Waals surface area contributed by atoms with Gasteiger partial charge in [-0.15, -0.1) is 23.5 Å². The molecule has 0 amide bonds. The number of aryl methyl sites for hydroxylation is 1. The Balaban J connectivity index is 2.89. The lowest BCUT2D eigenvalue weighted by atomic mass is 10.3. The van der Waals surface area contributed by atoms with Gasteiger partial charge in [0.25, 0.3) is 0 Å².